The Morgan fingerprint density at radius 2 is 1.60 bits per heavy atom. The zero-order valence-corrected chi connectivity index (χ0v) is 19.9. The van der Waals surface area contributed by atoms with Crippen molar-refractivity contribution in [3.05, 3.63) is 90.5 Å². The van der Waals surface area contributed by atoms with Gasteiger partial charge in [0.15, 0.2) is 0 Å². The lowest BCUT2D eigenvalue weighted by molar-refractivity contribution is -0.119. The van der Waals surface area contributed by atoms with Gasteiger partial charge in [-0.15, -0.1) is 0 Å². The number of sulfonamides is 1. The first-order valence-corrected chi connectivity index (χ1v) is 12.3. The predicted octanol–water partition coefficient (Wildman–Crippen LogP) is 2.57. The van der Waals surface area contributed by atoms with Crippen molar-refractivity contribution in [2.75, 3.05) is 17.4 Å². The molecule has 4 rings (SSSR count). The minimum Gasteiger partial charge on any atom is -0.368 e. The summed E-state index contributed by atoms with van der Waals surface area (Å²) in [7, 11) is -2.20. The van der Waals surface area contributed by atoms with E-state index in [9.17, 15) is 18.0 Å². The number of hydrogen-bond donors (Lipinski definition) is 2. The maximum atomic E-state index is 12.9. The highest BCUT2D eigenvalue weighted by molar-refractivity contribution is 7.89. The molecule has 0 fully saturated rings. The van der Waals surface area contributed by atoms with Gasteiger partial charge < -0.3 is 11.1 Å². The van der Waals surface area contributed by atoms with Crippen LogP contribution in [0, 0.1) is 0 Å². The molecular weight excluding hydrogens is 466 g/mol. The number of hydrogen-bond acceptors (Lipinski definition) is 6. The van der Waals surface area contributed by atoms with Crippen LogP contribution in [0.1, 0.15) is 12.0 Å². The lowest BCUT2D eigenvalue weighted by atomic mass is 10.1. The summed E-state index contributed by atoms with van der Waals surface area (Å²) in [6, 6.07) is 23.4. The van der Waals surface area contributed by atoms with Crippen molar-refractivity contribution >= 4 is 38.9 Å². The van der Waals surface area contributed by atoms with E-state index in [1.165, 1.54) is 40.6 Å². The standard InChI is InChI=1S/C25H25N5O4S/c1-29(17-18-8-4-2-5-9-18)35(33,34)21-14-12-19(13-15-21)27-25(32)22-16-23(24(26)31)30(28-22)20-10-6-3-7-11-20/h2-15,23H,16-17H2,1H3,(H2,26,31)(H,27,32). The highest BCUT2D eigenvalue weighted by Gasteiger charge is 2.35. The van der Waals surface area contributed by atoms with Gasteiger partial charge in [-0.1, -0.05) is 48.5 Å². The van der Waals surface area contributed by atoms with Crippen molar-refractivity contribution in [1.82, 2.24) is 4.31 Å². The summed E-state index contributed by atoms with van der Waals surface area (Å²) in [4.78, 5) is 24.8. The molecule has 180 valence electrons. The summed E-state index contributed by atoms with van der Waals surface area (Å²) in [6.07, 6.45) is 0.0623. The molecule has 35 heavy (non-hydrogen) atoms. The molecule has 3 N–H and O–H groups in total. The third-order valence-electron chi connectivity index (χ3n) is 5.59. The summed E-state index contributed by atoms with van der Waals surface area (Å²) in [6.45, 7) is 0.237. The predicted molar refractivity (Wildman–Crippen MR) is 134 cm³/mol. The minimum absolute atomic E-state index is 0.0623. The van der Waals surface area contributed by atoms with E-state index in [2.05, 4.69) is 10.4 Å². The highest BCUT2D eigenvalue weighted by atomic mass is 32.2. The topological polar surface area (TPSA) is 125 Å². The molecule has 0 aromatic heterocycles. The first-order valence-electron chi connectivity index (χ1n) is 10.9. The van der Waals surface area contributed by atoms with E-state index in [4.69, 9.17) is 5.73 Å². The monoisotopic (exact) mass is 491 g/mol. The van der Waals surface area contributed by atoms with Crippen molar-refractivity contribution in [3.8, 4) is 0 Å². The molecule has 1 aliphatic rings. The van der Waals surface area contributed by atoms with Crippen LogP contribution in [-0.2, 0) is 26.2 Å². The van der Waals surface area contributed by atoms with E-state index in [1.807, 2.05) is 36.4 Å². The van der Waals surface area contributed by atoms with Gasteiger partial charge in [0.05, 0.1) is 10.6 Å². The van der Waals surface area contributed by atoms with Crippen molar-refractivity contribution in [2.24, 2.45) is 10.8 Å². The Bertz CT molecular complexity index is 1340. The molecule has 1 aliphatic heterocycles. The number of primary amides is 1. The number of amides is 2. The van der Waals surface area contributed by atoms with Crippen LogP contribution < -0.4 is 16.1 Å². The van der Waals surface area contributed by atoms with Gasteiger partial charge in [-0.25, -0.2) is 8.42 Å². The molecule has 0 spiro atoms. The summed E-state index contributed by atoms with van der Waals surface area (Å²) in [5.41, 5.74) is 7.59. The number of carbonyl (C=O) groups excluding carboxylic acids is 2. The Balaban J connectivity index is 1.45. The third-order valence-corrected chi connectivity index (χ3v) is 7.41. The first-order chi connectivity index (χ1) is 16.8. The van der Waals surface area contributed by atoms with Crippen molar-refractivity contribution in [3.63, 3.8) is 0 Å². The van der Waals surface area contributed by atoms with Gasteiger partial charge in [0.25, 0.3) is 5.91 Å². The van der Waals surface area contributed by atoms with Crippen LogP contribution in [0.5, 0.6) is 0 Å². The molecule has 0 bridgehead atoms. The van der Waals surface area contributed by atoms with Crippen LogP contribution in [0.15, 0.2) is 94.9 Å². The summed E-state index contributed by atoms with van der Waals surface area (Å²) >= 11 is 0. The van der Waals surface area contributed by atoms with E-state index < -0.39 is 27.9 Å². The Hall–Kier alpha value is -4.02. The molecule has 9 nitrogen and oxygen atoms in total. The van der Waals surface area contributed by atoms with Gasteiger partial charge in [-0.3, -0.25) is 14.6 Å². The van der Waals surface area contributed by atoms with Gasteiger partial charge in [0, 0.05) is 25.7 Å². The van der Waals surface area contributed by atoms with Crippen LogP contribution in [0.2, 0.25) is 0 Å². The second-order valence-corrected chi connectivity index (χ2v) is 10.1. The van der Waals surface area contributed by atoms with Gasteiger partial charge in [-0.05, 0) is 42.0 Å². The van der Waals surface area contributed by atoms with Gasteiger partial charge in [0.1, 0.15) is 11.8 Å². The second kappa shape index (κ2) is 10.1. The maximum Gasteiger partial charge on any atom is 0.271 e. The number of anilines is 2. The van der Waals surface area contributed by atoms with Crippen molar-refractivity contribution < 1.29 is 18.0 Å². The van der Waals surface area contributed by atoms with Crippen LogP contribution in [0.25, 0.3) is 0 Å². The number of nitrogens with two attached hydrogens (primary N) is 1. The third kappa shape index (κ3) is 5.39. The average molecular weight is 492 g/mol. The molecule has 0 aliphatic carbocycles. The van der Waals surface area contributed by atoms with E-state index in [-0.39, 0.29) is 23.6 Å². The molecule has 0 radical (unpaired) electrons. The number of hydrazone groups is 1. The summed E-state index contributed by atoms with van der Waals surface area (Å²) in [5, 5.41) is 8.46. The van der Waals surface area contributed by atoms with Crippen LogP contribution >= 0.6 is 0 Å². The van der Waals surface area contributed by atoms with Gasteiger partial charge in [-0.2, -0.15) is 9.41 Å². The Labute approximate surface area is 203 Å². The molecule has 1 atom stereocenters. The molecule has 0 saturated heterocycles. The molecular formula is C25H25N5O4S. The fourth-order valence-corrected chi connectivity index (χ4v) is 4.87. The molecule has 3 aromatic carbocycles. The van der Waals surface area contributed by atoms with E-state index in [0.717, 1.165) is 5.56 Å². The zero-order chi connectivity index (χ0) is 25.0. The highest BCUT2D eigenvalue weighted by Crippen LogP contribution is 2.25. The Kier molecular flexibility index (Phi) is 6.94. The Morgan fingerprint density at radius 1 is 1.00 bits per heavy atom. The normalized spacial score (nSPS) is 15.7. The van der Waals surface area contributed by atoms with Crippen LogP contribution in [0.4, 0.5) is 11.4 Å². The largest absolute Gasteiger partial charge is 0.368 e. The van der Waals surface area contributed by atoms with Gasteiger partial charge in [0.2, 0.25) is 15.9 Å². The zero-order valence-electron chi connectivity index (χ0n) is 19.0. The minimum atomic E-state index is -3.71. The lowest BCUT2D eigenvalue weighted by Crippen LogP contribution is -2.39. The van der Waals surface area contributed by atoms with Gasteiger partial charge >= 0.3 is 0 Å². The first kappa shape index (κ1) is 24.1. The van der Waals surface area contributed by atoms with Crippen LogP contribution in [-0.4, -0.2) is 43.3 Å². The van der Waals surface area contributed by atoms with E-state index in [0.29, 0.717) is 11.4 Å². The number of rotatable bonds is 8. The van der Waals surface area contributed by atoms with Crippen molar-refractivity contribution in [1.29, 1.82) is 0 Å². The summed E-state index contributed by atoms with van der Waals surface area (Å²) < 4.78 is 27.1. The number of nitrogens with zero attached hydrogens (tertiary/aromatic N) is 3. The number of para-hydroxylation sites is 1. The van der Waals surface area contributed by atoms with Crippen LogP contribution in [0.3, 0.4) is 0 Å². The fourth-order valence-electron chi connectivity index (χ4n) is 3.71. The molecule has 3 aromatic rings. The lowest BCUT2D eigenvalue weighted by Gasteiger charge is -2.20. The van der Waals surface area contributed by atoms with Crippen molar-refractivity contribution in [2.45, 2.75) is 23.9 Å². The fraction of sp³-hybridized carbons (Fsp3) is 0.160. The number of carbonyl (C=O) groups is 2. The molecule has 0 saturated carbocycles. The molecule has 2 amide bonds. The molecule has 1 unspecified atom stereocenters. The molecule has 10 heteroatoms. The van der Waals surface area contributed by atoms with E-state index in [1.54, 1.807) is 24.3 Å². The second-order valence-electron chi connectivity index (χ2n) is 8.07. The number of benzene rings is 3. The SMILES string of the molecule is CN(Cc1ccccc1)S(=O)(=O)c1ccc(NC(=O)C2=NN(c3ccccc3)C(C(N)=O)C2)cc1. The quantitative estimate of drug-likeness (QED) is 0.501. The van der Waals surface area contributed by atoms with E-state index >= 15 is 0 Å². The Morgan fingerprint density at radius 3 is 2.20 bits per heavy atom. The summed E-state index contributed by atoms with van der Waals surface area (Å²) in [5.74, 6) is -1.08. The molecule has 1 heterocycles. The average Bonchev–Trinajstić information content (AvgIpc) is 3.32. The number of nitrogens with one attached hydrogen (secondary N) is 1. The maximum absolute atomic E-state index is 12.9. The smallest absolute Gasteiger partial charge is 0.271 e.